The van der Waals surface area contributed by atoms with Crippen molar-refractivity contribution < 1.29 is 4.74 Å². The van der Waals surface area contributed by atoms with E-state index in [4.69, 9.17) is 4.74 Å². The lowest BCUT2D eigenvalue weighted by Crippen LogP contribution is -2.19. The highest BCUT2D eigenvalue weighted by atomic mass is 16.5. The number of hydrogen-bond acceptors (Lipinski definition) is 3. The van der Waals surface area contributed by atoms with Gasteiger partial charge in [-0.3, -0.25) is 4.57 Å². The van der Waals surface area contributed by atoms with Crippen molar-refractivity contribution in [1.29, 1.82) is 0 Å². The third-order valence-electron chi connectivity index (χ3n) is 3.70. The lowest BCUT2D eigenvalue weighted by atomic mass is 10.0. The van der Waals surface area contributed by atoms with Gasteiger partial charge in [-0.1, -0.05) is 25.1 Å². The highest BCUT2D eigenvalue weighted by Gasteiger charge is 2.26. The van der Waals surface area contributed by atoms with Gasteiger partial charge in [0.15, 0.2) is 5.82 Å². The number of aryl methyl sites for hydroxylation is 2. The monoisotopic (exact) mass is 271 g/mol. The Morgan fingerprint density at radius 3 is 2.75 bits per heavy atom. The van der Waals surface area contributed by atoms with E-state index in [2.05, 4.69) is 59.8 Å². The van der Waals surface area contributed by atoms with Crippen molar-refractivity contribution >= 4 is 0 Å². The average Bonchev–Trinajstić information content (AvgIpc) is 2.89. The molecule has 0 N–H and O–H groups in total. The first-order valence-electron chi connectivity index (χ1n) is 7.38. The first-order chi connectivity index (χ1) is 9.70. The van der Waals surface area contributed by atoms with Gasteiger partial charge in [-0.2, -0.15) is 0 Å². The maximum atomic E-state index is 6.00. The Morgan fingerprint density at radius 1 is 1.20 bits per heavy atom. The molecule has 0 amide bonds. The summed E-state index contributed by atoms with van der Waals surface area (Å²) in [6, 6.07) is 8.50. The second-order valence-electron chi connectivity index (χ2n) is 5.52. The molecule has 0 bridgehead atoms. The molecule has 1 aliphatic rings. The fourth-order valence-electron chi connectivity index (χ4n) is 2.82. The summed E-state index contributed by atoms with van der Waals surface area (Å²) in [7, 11) is 0. The molecular weight excluding hydrogens is 250 g/mol. The largest absolute Gasteiger partial charge is 0.368 e. The van der Waals surface area contributed by atoms with Gasteiger partial charge in [-0.05, 0) is 38.3 Å². The van der Waals surface area contributed by atoms with Crippen molar-refractivity contribution in [2.24, 2.45) is 0 Å². The number of ether oxygens (including phenoxy) is 1. The van der Waals surface area contributed by atoms with Crippen molar-refractivity contribution in [3.05, 3.63) is 41.5 Å². The molecule has 3 rings (SSSR count). The number of rotatable bonds is 4. The summed E-state index contributed by atoms with van der Waals surface area (Å²) in [5.74, 6) is 1.98. The van der Waals surface area contributed by atoms with E-state index in [9.17, 15) is 0 Å². The minimum Gasteiger partial charge on any atom is -0.368 e. The summed E-state index contributed by atoms with van der Waals surface area (Å²) in [4.78, 5) is 0. The van der Waals surface area contributed by atoms with Crippen molar-refractivity contribution in [3.63, 3.8) is 0 Å². The van der Waals surface area contributed by atoms with Crippen LogP contribution in [0.4, 0.5) is 0 Å². The molecule has 1 aromatic carbocycles. The molecule has 0 saturated carbocycles. The molecule has 2 aromatic rings. The minimum atomic E-state index is 0.00223. The van der Waals surface area contributed by atoms with Gasteiger partial charge in [0.1, 0.15) is 11.9 Å². The third-order valence-corrected chi connectivity index (χ3v) is 3.70. The number of nitrogens with zero attached hydrogens (tertiary/aromatic N) is 3. The van der Waals surface area contributed by atoms with E-state index < -0.39 is 0 Å². The SMILES string of the molecule is CCC(OC(C)C)c1nnc2n1-c1ccccc1CC2. The molecule has 0 radical (unpaired) electrons. The van der Waals surface area contributed by atoms with Crippen molar-refractivity contribution in [3.8, 4) is 5.69 Å². The average molecular weight is 271 g/mol. The molecule has 4 nitrogen and oxygen atoms in total. The van der Waals surface area contributed by atoms with Crippen LogP contribution in [0, 0.1) is 0 Å². The van der Waals surface area contributed by atoms with Gasteiger partial charge in [0, 0.05) is 6.42 Å². The van der Waals surface area contributed by atoms with E-state index in [0.29, 0.717) is 0 Å². The Balaban J connectivity index is 2.06. The van der Waals surface area contributed by atoms with Gasteiger partial charge in [-0.15, -0.1) is 10.2 Å². The molecule has 1 aliphatic heterocycles. The maximum Gasteiger partial charge on any atom is 0.166 e. The van der Waals surface area contributed by atoms with Gasteiger partial charge in [-0.25, -0.2) is 0 Å². The summed E-state index contributed by atoms with van der Waals surface area (Å²) in [6.45, 7) is 6.25. The molecule has 0 spiro atoms. The van der Waals surface area contributed by atoms with Crippen molar-refractivity contribution in [1.82, 2.24) is 14.8 Å². The van der Waals surface area contributed by atoms with E-state index in [1.165, 1.54) is 11.3 Å². The summed E-state index contributed by atoms with van der Waals surface area (Å²) in [6.07, 6.45) is 3.07. The zero-order valence-corrected chi connectivity index (χ0v) is 12.3. The number of benzene rings is 1. The van der Waals surface area contributed by atoms with E-state index in [1.807, 2.05) is 0 Å². The van der Waals surface area contributed by atoms with Crippen LogP contribution in [-0.2, 0) is 17.6 Å². The van der Waals surface area contributed by atoms with Crippen LogP contribution in [0.1, 0.15) is 50.5 Å². The van der Waals surface area contributed by atoms with Crippen LogP contribution in [0.5, 0.6) is 0 Å². The Hall–Kier alpha value is -1.68. The van der Waals surface area contributed by atoms with Gasteiger partial charge in [0.2, 0.25) is 0 Å². The van der Waals surface area contributed by atoms with Gasteiger partial charge in [0.25, 0.3) is 0 Å². The van der Waals surface area contributed by atoms with Gasteiger partial charge in [0.05, 0.1) is 11.8 Å². The van der Waals surface area contributed by atoms with Gasteiger partial charge >= 0.3 is 0 Å². The standard InChI is InChI=1S/C16H21N3O/c1-4-14(20-11(2)3)16-18-17-15-10-9-12-7-5-6-8-13(12)19(15)16/h5-8,11,14H,4,9-10H2,1-3H3. The quantitative estimate of drug-likeness (QED) is 0.857. The van der Waals surface area contributed by atoms with Crippen LogP contribution < -0.4 is 0 Å². The predicted octanol–water partition coefficient (Wildman–Crippen LogP) is 3.24. The van der Waals surface area contributed by atoms with Crippen molar-refractivity contribution in [2.75, 3.05) is 0 Å². The summed E-state index contributed by atoms with van der Waals surface area (Å²) >= 11 is 0. The molecule has 1 aromatic heterocycles. The highest BCUT2D eigenvalue weighted by molar-refractivity contribution is 5.45. The lowest BCUT2D eigenvalue weighted by molar-refractivity contribution is -0.00162. The van der Waals surface area contributed by atoms with E-state index in [0.717, 1.165) is 30.9 Å². The molecule has 106 valence electrons. The molecule has 0 fully saturated rings. The Kier molecular flexibility index (Phi) is 3.57. The third kappa shape index (κ3) is 2.24. The minimum absolute atomic E-state index is 0.00223. The molecule has 1 unspecified atom stereocenters. The second kappa shape index (κ2) is 5.37. The van der Waals surface area contributed by atoms with Gasteiger partial charge < -0.3 is 4.74 Å². The zero-order valence-electron chi connectivity index (χ0n) is 12.3. The van der Waals surface area contributed by atoms with Crippen LogP contribution in [0.2, 0.25) is 0 Å². The van der Waals surface area contributed by atoms with Crippen LogP contribution in [0.15, 0.2) is 24.3 Å². The van der Waals surface area contributed by atoms with Crippen LogP contribution >= 0.6 is 0 Å². The Labute approximate surface area is 119 Å². The predicted molar refractivity (Wildman–Crippen MR) is 78.0 cm³/mol. The first kappa shape index (κ1) is 13.3. The first-order valence-corrected chi connectivity index (χ1v) is 7.38. The fraction of sp³-hybridized carbons (Fsp3) is 0.500. The molecule has 4 heteroatoms. The van der Waals surface area contributed by atoms with Crippen LogP contribution in [-0.4, -0.2) is 20.9 Å². The molecule has 0 saturated heterocycles. The zero-order chi connectivity index (χ0) is 14.1. The van der Waals surface area contributed by atoms with E-state index in [1.54, 1.807) is 0 Å². The van der Waals surface area contributed by atoms with E-state index in [-0.39, 0.29) is 12.2 Å². The van der Waals surface area contributed by atoms with Crippen molar-refractivity contribution in [2.45, 2.75) is 52.2 Å². The van der Waals surface area contributed by atoms with Crippen LogP contribution in [0.25, 0.3) is 5.69 Å². The summed E-state index contributed by atoms with van der Waals surface area (Å²) in [5.41, 5.74) is 2.57. The topological polar surface area (TPSA) is 39.9 Å². The highest BCUT2D eigenvalue weighted by Crippen LogP contribution is 2.30. The normalized spacial score (nSPS) is 15.0. The molecule has 2 heterocycles. The number of para-hydroxylation sites is 1. The molecular formula is C16H21N3O. The molecule has 1 atom stereocenters. The lowest BCUT2D eigenvalue weighted by Gasteiger charge is -2.23. The second-order valence-corrected chi connectivity index (χ2v) is 5.52. The number of aromatic nitrogens is 3. The number of fused-ring (bicyclic) bond motifs is 3. The Bertz CT molecular complexity index is 604. The fourth-order valence-corrected chi connectivity index (χ4v) is 2.82. The molecule has 0 aliphatic carbocycles. The summed E-state index contributed by atoms with van der Waals surface area (Å²) in [5, 5.41) is 8.77. The van der Waals surface area contributed by atoms with E-state index >= 15 is 0 Å². The maximum absolute atomic E-state index is 6.00. The summed E-state index contributed by atoms with van der Waals surface area (Å²) < 4.78 is 8.19. The Morgan fingerprint density at radius 2 is 2.00 bits per heavy atom. The van der Waals surface area contributed by atoms with Crippen LogP contribution in [0.3, 0.4) is 0 Å². The smallest absolute Gasteiger partial charge is 0.166 e. The molecule has 20 heavy (non-hydrogen) atoms. The number of hydrogen-bond donors (Lipinski definition) is 0.